The van der Waals surface area contributed by atoms with Crippen LogP contribution in [0.5, 0.6) is 0 Å². The Bertz CT molecular complexity index is 908. The number of ketones is 1. The molecule has 0 bridgehead atoms. The number of rotatable bonds is 8. The molecule has 7 heteroatoms. The summed E-state index contributed by atoms with van der Waals surface area (Å²) in [5.41, 5.74) is 2.93. The van der Waals surface area contributed by atoms with Crippen molar-refractivity contribution in [3.63, 3.8) is 0 Å². The van der Waals surface area contributed by atoms with Crippen LogP contribution in [0.2, 0.25) is 0 Å². The number of aromatic nitrogens is 2. The number of thioether (sulfide) groups is 1. The fourth-order valence-corrected chi connectivity index (χ4v) is 4.05. The summed E-state index contributed by atoms with van der Waals surface area (Å²) in [5, 5.41) is 11.3. The van der Waals surface area contributed by atoms with E-state index < -0.39 is 0 Å². The van der Waals surface area contributed by atoms with E-state index in [-0.39, 0.29) is 24.5 Å². The second kappa shape index (κ2) is 9.43. The molecule has 3 rings (SSSR count). The van der Waals surface area contributed by atoms with Gasteiger partial charge >= 0.3 is 0 Å². The lowest BCUT2D eigenvalue weighted by Gasteiger charge is -2.02. The zero-order chi connectivity index (χ0) is 19.1. The van der Waals surface area contributed by atoms with E-state index in [0.29, 0.717) is 10.7 Å². The Morgan fingerprint density at radius 3 is 2.48 bits per heavy atom. The van der Waals surface area contributed by atoms with Crippen LogP contribution in [0.15, 0.2) is 58.9 Å². The average Bonchev–Trinajstić information content (AvgIpc) is 3.13. The fraction of sp³-hybridized carbons (Fsp3) is 0.200. The number of nitrogens with zero attached hydrogens (tertiary/aromatic N) is 2. The molecule has 1 amide bonds. The van der Waals surface area contributed by atoms with Crippen LogP contribution < -0.4 is 5.32 Å². The van der Waals surface area contributed by atoms with E-state index in [1.54, 1.807) is 23.9 Å². The van der Waals surface area contributed by atoms with Gasteiger partial charge in [0.25, 0.3) is 0 Å². The molecule has 1 heterocycles. The van der Waals surface area contributed by atoms with Crippen LogP contribution in [0.3, 0.4) is 0 Å². The van der Waals surface area contributed by atoms with Crippen LogP contribution in [-0.2, 0) is 10.5 Å². The van der Waals surface area contributed by atoms with Gasteiger partial charge in [-0.2, -0.15) is 0 Å². The molecule has 0 aliphatic carbocycles. The quantitative estimate of drug-likeness (QED) is 0.338. The largest absolute Gasteiger partial charge is 0.300 e. The summed E-state index contributed by atoms with van der Waals surface area (Å²) >= 11 is 2.91. The molecule has 0 spiro atoms. The molecule has 5 nitrogen and oxygen atoms in total. The molecular weight excluding hydrogens is 378 g/mol. The van der Waals surface area contributed by atoms with E-state index in [1.807, 2.05) is 37.3 Å². The molecular formula is C20H19N3O2S2. The minimum atomic E-state index is -0.230. The van der Waals surface area contributed by atoms with Crippen molar-refractivity contribution in [2.75, 3.05) is 5.32 Å². The highest BCUT2D eigenvalue weighted by molar-refractivity contribution is 8.00. The molecule has 1 aromatic heterocycles. The Balaban J connectivity index is 1.45. The van der Waals surface area contributed by atoms with Crippen LogP contribution in [0.25, 0.3) is 0 Å². The minimum Gasteiger partial charge on any atom is -0.300 e. The maximum Gasteiger partial charge on any atom is 0.226 e. The number of amides is 1. The van der Waals surface area contributed by atoms with Crippen molar-refractivity contribution in [1.82, 2.24) is 10.2 Å². The fourth-order valence-electron chi connectivity index (χ4n) is 2.33. The van der Waals surface area contributed by atoms with Gasteiger partial charge < -0.3 is 5.32 Å². The second-order valence-electron chi connectivity index (χ2n) is 5.98. The maximum absolute atomic E-state index is 12.1. The molecule has 0 unspecified atom stereocenters. The SMILES string of the molecule is Cc1ccc(C(=O)CCC(=O)Nc2nnc(SCc3ccccc3)s2)cc1. The highest BCUT2D eigenvalue weighted by Gasteiger charge is 2.12. The smallest absolute Gasteiger partial charge is 0.226 e. The standard InChI is InChI=1S/C20H19N3O2S2/c1-14-7-9-16(10-8-14)17(24)11-12-18(25)21-19-22-23-20(27-19)26-13-15-5-3-2-4-6-15/h2-10H,11-13H2,1H3,(H,21,22,25). The predicted octanol–water partition coefficient (Wildman–Crippen LogP) is 4.74. The number of nitrogens with one attached hydrogen (secondary N) is 1. The molecule has 0 fully saturated rings. The van der Waals surface area contributed by atoms with E-state index in [9.17, 15) is 9.59 Å². The van der Waals surface area contributed by atoms with Gasteiger partial charge in [0, 0.05) is 24.2 Å². The normalized spacial score (nSPS) is 10.6. The van der Waals surface area contributed by atoms with Gasteiger partial charge in [-0.1, -0.05) is 83.3 Å². The Hall–Kier alpha value is -2.51. The highest BCUT2D eigenvalue weighted by Crippen LogP contribution is 2.28. The van der Waals surface area contributed by atoms with E-state index in [0.717, 1.165) is 15.7 Å². The number of carbonyl (C=O) groups excluding carboxylic acids is 2. The van der Waals surface area contributed by atoms with Gasteiger partial charge in [-0.25, -0.2) is 0 Å². The number of hydrogen-bond acceptors (Lipinski definition) is 6. The third-order valence-corrected chi connectivity index (χ3v) is 5.85. The number of benzene rings is 2. The van der Waals surface area contributed by atoms with Crippen LogP contribution >= 0.6 is 23.1 Å². The van der Waals surface area contributed by atoms with E-state index in [2.05, 4.69) is 27.6 Å². The van der Waals surface area contributed by atoms with E-state index in [4.69, 9.17) is 0 Å². The maximum atomic E-state index is 12.1. The van der Waals surface area contributed by atoms with Crippen molar-refractivity contribution < 1.29 is 9.59 Å². The summed E-state index contributed by atoms with van der Waals surface area (Å²) in [6.45, 7) is 1.97. The summed E-state index contributed by atoms with van der Waals surface area (Å²) in [6, 6.07) is 17.5. The van der Waals surface area contributed by atoms with Crippen molar-refractivity contribution in [2.45, 2.75) is 29.9 Å². The Kier molecular flexibility index (Phi) is 6.73. The first-order chi connectivity index (χ1) is 13.1. The molecule has 27 heavy (non-hydrogen) atoms. The monoisotopic (exact) mass is 397 g/mol. The topological polar surface area (TPSA) is 72.0 Å². The number of Topliss-reactive ketones (excluding diaryl/α,β-unsaturated/α-hetero) is 1. The van der Waals surface area contributed by atoms with Crippen LogP contribution in [0.1, 0.15) is 34.3 Å². The first kappa shape index (κ1) is 19.3. The van der Waals surface area contributed by atoms with Gasteiger partial charge in [0.15, 0.2) is 10.1 Å². The lowest BCUT2D eigenvalue weighted by molar-refractivity contribution is -0.116. The van der Waals surface area contributed by atoms with Gasteiger partial charge in [-0.05, 0) is 12.5 Å². The molecule has 3 aromatic rings. The summed E-state index contributed by atoms with van der Waals surface area (Å²) < 4.78 is 0.796. The Labute approximate surface area is 166 Å². The first-order valence-electron chi connectivity index (χ1n) is 8.50. The van der Waals surface area contributed by atoms with Crippen LogP contribution in [-0.4, -0.2) is 21.9 Å². The molecule has 0 saturated heterocycles. The van der Waals surface area contributed by atoms with Crippen molar-refractivity contribution in [2.24, 2.45) is 0 Å². The van der Waals surface area contributed by atoms with E-state index >= 15 is 0 Å². The van der Waals surface area contributed by atoms with Gasteiger partial charge in [-0.3, -0.25) is 9.59 Å². The lowest BCUT2D eigenvalue weighted by Crippen LogP contribution is -2.13. The Morgan fingerprint density at radius 1 is 1.00 bits per heavy atom. The summed E-state index contributed by atoms with van der Waals surface area (Å²) in [4.78, 5) is 24.2. The number of aryl methyl sites for hydroxylation is 1. The van der Waals surface area contributed by atoms with Gasteiger partial charge in [0.2, 0.25) is 11.0 Å². The molecule has 0 radical (unpaired) electrons. The molecule has 1 N–H and O–H groups in total. The molecule has 2 aromatic carbocycles. The molecule has 0 aliphatic heterocycles. The first-order valence-corrected chi connectivity index (χ1v) is 10.3. The molecule has 138 valence electrons. The molecule has 0 atom stereocenters. The van der Waals surface area contributed by atoms with Crippen LogP contribution in [0, 0.1) is 6.92 Å². The van der Waals surface area contributed by atoms with Crippen molar-refractivity contribution in [3.05, 3.63) is 71.3 Å². The van der Waals surface area contributed by atoms with Crippen molar-refractivity contribution in [1.29, 1.82) is 0 Å². The second-order valence-corrected chi connectivity index (χ2v) is 8.18. The van der Waals surface area contributed by atoms with Crippen LogP contribution in [0.4, 0.5) is 5.13 Å². The number of carbonyl (C=O) groups is 2. The lowest BCUT2D eigenvalue weighted by atomic mass is 10.1. The molecule has 0 aliphatic rings. The zero-order valence-electron chi connectivity index (χ0n) is 14.8. The van der Waals surface area contributed by atoms with Crippen molar-refractivity contribution in [3.8, 4) is 0 Å². The van der Waals surface area contributed by atoms with Gasteiger partial charge in [0.1, 0.15) is 0 Å². The zero-order valence-corrected chi connectivity index (χ0v) is 16.5. The third kappa shape index (κ3) is 6.01. The van der Waals surface area contributed by atoms with Gasteiger partial charge in [-0.15, -0.1) is 10.2 Å². The third-order valence-electron chi connectivity index (χ3n) is 3.81. The van der Waals surface area contributed by atoms with Gasteiger partial charge in [0.05, 0.1) is 0 Å². The predicted molar refractivity (Wildman–Crippen MR) is 109 cm³/mol. The van der Waals surface area contributed by atoms with E-state index in [1.165, 1.54) is 16.9 Å². The number of anilines is 1. The summed E-state index contributed by atoms with van der Waals surface area (Å²) in [7, 11) is 0. The molecule has 0 saturated carbocycles. The Morgan fingerprint density at radius 2 is 1.74 bits per heavy atom. The summed E-state index contributed by atoms with van der Waals surface area (Å²) in [6.07, 6.45) is 0.294. The number of hydrogen-bond donors (Lipinski definition) is 1. The summed E-state index contributed by atoms with van der Waals surface area (Å²) in [5.74, 6) is 0.529. The average molecular weight is 398 g/mol. The highest BCUT2D eigenvalue weighted by atomic mass is 32.2. The van der Waals surface area contributed by atoms with Crippen molar-refractivity contribution >= 4 is 39.9 Å². The minimum absolute atomic E-state index is 0.0403.